The van der Waals surface area contributed by atoms with E-state index in [0.717, 1.165) is 25.7 Å². The molecule has 0 amide bonds. The molecular formula is C10H14O. The summed E-state index contributed by atoms with van der Waals surface area (Å²) in [4.78, 5) is 0. The van der Waals surface area contributed by atoms with E-state index in [1.54, 1.807) is 0 Å². The van der Waals surface area contributed by atoms with Crippen molar-refractivity contribution in [3.05, 3.63) is 24.3 Å². The molecule has 2 aliphatic rings. The second-order valence-electron chi connectivity index (χ2n) is 3.70. The Morgan fingerprint density at radius 2 is 1.27 bits per heavy atom. The predicted octanol–water partition coefficient (Wildman–Crippen LogP) is 2.44. The van der Waals surface area contributed by atoms with E-state index in [4.69, 9.17) is 4.74 Å². The molecule has 0 heterocycles. The van der Waals surface area contributed by atoms with Crippen molar-refractivity contribution >= 4 is 0 Å². The molecule has 0 aromatic carbocycles. The first-order chi connectivity index (χ1) is 5.24. The maximum Gasteiger partial charge on any atom is 0.0653 e. The molecule has 2 fully saturated rings. The first kappa shape index (κ1) is 7.11. The molecule has 60 valence electrons. The fourth-order valence-electron chi connectivity index (χ4n) is 1.63. The lowest BCUT2D eigenvalue weighted by Gasteiger charge is -2.37. The molecular weight excluding hydrogens is 136 g/mol. The third-order valence-electron chi connectivity index (χ3n) is 2.45. The summed E-state index contributed by atoms with van der Waals surface area (Å²) in [6.45, 7) is 7.76. The van der Waals surface area contributed by atoms with Crippen LogP contribution in [0.5, 0.6) is 0 Å². The zero-order valence-electron chi connectivity index (χ0n) is 6.81. The average molecular weight is 150 g/mol. The van der Waals surface area contributed by atoms with Crippen molar-refractivity contribution < 1.29 is 4.74 Å². The normalized spacial score (nSPS) is 26.5. The van der Waals surface area contributed by atoms with Gasteiger partial charge in [0, 0.05) is 0 Å². The molecule has 0 aliphatic heterocycles. The zero-order valence-corrected chi connectivity index (χ0v) is 6.81. The first-order valence-corrected chi connectivity index (χ1v) is 4.23. The molecule has 0 atom stereocenters. The molecule has 2 saturated carbocycles. The van der Waals surface area contributed by atoms with E-state index in [1.165, 1.54) is 11.1 Å². The highest BCUT2D eigenvalue weighted by Crippen LogP contribution is 2.34. The highest BCUT2D eigenvalue weighted by atomic mass is 16.5. The minimum absolute atomic E-state index is 0.487. The molecule has 0 N–H and O–H groups in total. The van der Waals surface area contributed by atoms with Gasteiger partial charge in [-0.05, 0) is 25.7 Å². The minimum atomic E-state index is 0.487. The van der Waals surface area contributed by atoms with Crippen LogP contribution < -0.4 is 0 Å². The van der Waals surface area contributed by atoms with Gasteiger partial charge in [0.1, 0.15) is 0 Å². The SMILES string of the molecule is C=C1CC(OC2CC(=C)C2)C1. The fourth-order valence-corrected chi connectivity index (χ4v) is 1.63. The van der Waals surface area contributed by atoms with Crippen molar-refractivity contribution in [3.63, 3.8) is 0 Å². The Kier molecular flexibility index (Phi) is 1.61. The topological polar surface area (TPSA) is 9.23 Å². The Morgan fingerprint density at radius 1 is 0.909 bits per heavy atom. The van der Waals surface area contributed by atoms with Gasteiger partial charge in [0.25, 0.3) is 0 Å². The Bertz CT molecular complexity index is 167. The molecule has 1 heteroatoms. The van der Waals surface area contributed by atoms with Crippen molar-refractivity contribution in [2.75, 3.05) is 0 Å². The van der Waals surface area contributed by atoms with Crippen LogP contribution in [0, 0.1) is 0 Å². The Hall–Kier alpha value is -0.560. The summed E-state index contributed by atoms with van der Waals surface area (Å²) < 4.78 is 5.74. The van der Waals surface area contributed by atoms with Gasteiger partial charge >= 0.3 is 0 Å². The number of rotatable bonds is 2. The number of hydrogen-bond acceptors (Lipinski definition) is 1. The van der Waals surface area contributed by atoms with Gasteiger partial charge in [-0.15, -0.1) is 0 Å². The van der Waals surface area contributed by atoms with Gasteiger partial charge in [-0.3, -0.25) is 0 Å². The lowest BCUT2D eigenvalue weighted by atomic mass is 9.87. The van der Waals surface area contributed by atoms with Gasteiger partial charge in [-0.1, -0.05) is 24.3 Å². The van der Waals surface area contributed by atoms with Gasteiger partial charge < -0.3 is 4.74 Å². The van der Waals surface area contributed by atoms with Gasteiger partial charge in [-0.25, -0.2) is 0 Å². The maximum atomic E-state index is 5.74. The van der Waals surface area contributed by atoms with Crippen LogP contribution in [-0.2, 0) is 4.74 Å². The lowest BCUT2D eigenvalue weighted by Crippen LogP contribution is -2.33. The smallest absolute Gasteiger partial charge is 0.0653 e. The van der Waals surface area contributed by atoms with E-state index >= 15 is 0 Å². The van der Waals surface area contributed by atoms with Crippen LogP contribution in [-0.4, -0.2) is 12.2 Å². The minimum Gasteiger partial charge on any atom is -0.374 e. The zero-order chi connectivity index (χ0) is 7.84. The highest BCUT2D eigenvalue weighted by Gasteiger charge is 2.29. The number of ether oxygens (including phenoxy) is 1. The van der Waals surface area contributed by atoms with Gasteiger partial charge in [0.2, 0.25) is 0 Å². The fraction of sp³-hybridized carbons (Fsp3) is 0.600. The van der Waals surface area contributed by atoms with Crippen molar-refractivity contribution in [1.82, 2.24) is 0 Å². The van der Waals surface area contributed by atoms with Crippen molar-refractivity contribution in [1.29, 1.82) is 0 Å². The van der Waals surface area contributed by atoms with E-state index in [2.05, 4.69) is 13.2 Å². The molecule has 0 aromatic rings. The molecule has 0 bridgehead atoms. The molecule has 0 spiro atoms. The summed E-state index contributed by atoms with van der Waals surface area (Å²) >= 11 is 0. The van der Waals surface area contributed by atoms with E-state index in [0.29, 0.717) is 12.2 Å². The van der Waals surface area contributed by atoms with E-state index in [1.807, 2.05) is 0 Å². The van der Waals surface area contributed by atoms with E-state index in [9.17, 15) is 0 Å². The standard InChI is InChI=1S/C10H14O/c1-7-3-9(4-7)11-10-5-8(2)6-10/h9-10H,1-6H2. The van der Waals surface area contributed by atoms with Gasteiger partial charge in [-0.2, -0.15) is 0 Å². The van der Waals surface area contributed by atoms with Crippen LogP contribution in [0.15, 0.2) is 24.3 Å². The molecule has 11 heavy (non-hydrogen) atoms. The molecule has 0 radical (unpaired) electrons. The second-order valence-corrected chi connectivity index (χ2v) is 3.70. The van der Waals surface area contributed by atoms with Crippen LogP contribution in [0.3, 0.4) is 0 Å². The van der Waals surface area contributed by atoms with Crippen LogP contribution in [0.1, 0.15) is 25.7 Å². The summed E-state index contributed by atoms with van der Waals surface area (Å²) in [6, 6.07) is 0. The van der Waals surface area contributed by atoms with E-state index in [-0.39, 0.29) is 0 Å². The monoisotopic (exact) mass is 150 g/mol. The van der Waals surface area contributed by atoms with Crippen molar-refractivity contribution in [3.8, 4) is 0 Å². The Morgan fingerprint density at radius 3 is 1.55 bits per heavy atom. The third kappa shape index (κ3) is 1.38. The van der Waals surface area contributed by atoms with E-state index < -0.39 is 0 Å². The van der Waals surface area contributed by atoms with Crippen molar-refractivity contribution in [2.45, 2.75) is 37.9 Å². The molecule has 0 aromatic heterocycles. The molecule has 0 saturated heterocycles. The molecule has 0 unspecified atom stereocenters. The predicted molar refractivity (Wildman–Crippen MR) is 45.4 cm³/mol. The molecule has 2 aliphatic carbocycles. The lowest BCUT2D eigenvalue weighted by molar-refractivity contribution is -0.0478. The van der Waals surface area contributed by atoms with Gasteiger partial charge in [0.15, 0.2) is 0 Å². The maximum absolute atomic E-state index is 5.74. The summed E-state index contributed by atoms with van der Waals surface area (Å²) in [5.41, 5.74) is 2.68. The van der Waals surface area contributed by atoms with Crippen LogP contribution >= 0.6 is 0 Å². The van der Waals surface area contributed by atoms with Crippen LogP contribution in [0.4, 0.5) is 0 Å². The van der Waals surface area contributed by atoms with Crippen LogP contribution in [0.2, 0.25) is 0 Å². The molecule has 1 nitrogen and oxygen atoms in total. The third-order valence-corrected chi connectivity index (χ3v) is 2.45. The average Bonchev–Trinajstić information content (AvgIpc) is 1.81. The summed E-state index contributed by atoms with van der Waals surface area (Å²) in [6.07, 6.45) is 5.32. The summed E-state index contributed by atoms with van der Waals surface area (Å²) in [5.74, 6) is 0. The largest absolute Gasteiger partial charge is 0.374 e. The highest BCUT2D eigenvalue weighted by molar-refractivity contribution is 5.12. The van der Waals surface area contributed by atoms with Crippen LogP contribution in [0.25, 0.3) is 0 Å². The quantitative estimate of drug-likeness (QED) is 0.549. The van der Waals surface area contributed by atoms with Crippen molar-refractivity contribution in [2.24, 2.45) is 0 Å². The summed E-state index contributed by atoms with van der Waals surface area (Å²) in [5, 5.41) is 0. The molecule has 2 rings (SSSR count). The first-order valence-electron chi connectivity index (χ1n) is 4.23. The second kappa shape index (κ2) is 2.49. The van der Waals surface area contributed by atoms with Gasteiger partial charge in [0.05, 0.1) is 12.2 Å². The number of hydrogen-bond donors (Lipinski definition) is 0. The summed E-state index contributed by atoms with van der Waals surface area (Å²) in [7, 11) is 0. The Labute approximate surface area is 67.7 Å². The Balaban J connectivity index is 1.68.